The molecule has 149 heavy (non-hydrogen) atoms. The first-order chi connectivity index (χ1) is 70.8. The Morgan fingerprint density at radius 2 is 0.926 bits per heavy atom. The summed E-state index contributed by atoms with van der Waals surface area (Å²) in [5.41, 5.74) is 41.9. The Hall–Kier alpha value is -14.3. The molecule has 0 spiro atoms. The number of carboxylic acid groups (broad SMARTS) is 1. The van der Waals surface area contributed by atoms with E-state index in [0.29, 0.717) is 22.0 Å². The number of hydrogen-bond donors (Lipinski definition) is 31. The molecule has 0 saturated carbocycles. The largest absolute Gasteiger partial charge is 0.480 e. The summed E-state index contributed by atoms with van der Waals surface area (Å²) in [5.74, 6) is -21.8. The minimum absolute atomic E-state index is 0.00166. The highest BCUT2D eigenvalue weighted by Gasteiger charge is 2.44. The van der Waals surface area contributed by atoms with Crippen LogP contribution in [0.2, 0.25) is 0 Å². The number of primary amides is 1. The lowest BCUT2D eigenvalue weighted by Gasteiger charge is -2.42. The van der Waals surface area contributed by atoms with E-state index >= 15 is 67.1 Å². The second-order valence-corrected chi connectivity index (χ2v) is 40.8. The molecule has 7 rings (SSSR count). The number of amides is 17. The van der Waals surface area contributed by atoms with Gasteiger partial charge in [0.15, 0.2) is 29.8 Å². The number of guanidine groups is 5. The molecule has 54 nitrogen and oxygen atoms in total. The van der Waals surface area contributed by atoms with E-state index < -0.39 is 278 Å². The maximum atomic E-state index is 15.5. The van der Waals surface area contributed by atoms with Gasteiger partial charge >= 0.3 is 5.97 Å². The minimum Gasteiger partial charge on any atom is -0.480 e. The Kier molecular flexibility index (Phi) is 51.3. The first kappa shape index (κ1) is 122. The van der Waals surface area contributed by atoms with Crippen molar-refractivity contribution < 1.29 is 91.4 Å². The van der Waals surface area contributed by atoms with Crippen LogP contribution in [0.25, 0.3) is 10.9 Å². The SMILES string of the molecule is CC(C)C[C@@H]1NC(=O)[C@H](CCC(N)=O)NC(=O)[C@H](CCCNC(=N)N)NC(=O)[C@@H]2CSCCC(=O)N3CN(CN(C3)C(=O)CCSC[C@H](NC(=O)[C@@H](N)CCCNC(=N)N)C(=O)N[C@@H](Cc3ccncc3)C(=O)N[C@@H](CCCNC(=N)N)C(=O)N[C@@H](CC(C)C)C(=O)N3CCC[C@H]3C(=O)N2)C(=O)CCSC[C@@H](C(=O)N[C@@H](CCCNC(=N)N)C(=O)N[C@@H](Cc2c[nH]c3ccccc23)C(=O)O)NC(=O)[C@H](CCCNC(=N)N)NC1=O. The fourth-order valence-corrected chi connectivity index (χ4v) is 19.5. The molecule has 4 aliphatic rings. The number of carbonyl (C=O) groups is 18. The highest BCUT2D eigenvalue weighted by atomic mass is 32.2. The summed E-state index contributed by atoms with van der Waals surface area (Å²) in [6, 6.07) is -12.0. The number of aliphatic carboxylic acids is 1. The van der Waals surface area contributed by atoms with Crippen molar-refractivity contribution in [3.63, 3.8) is 0 Å². The molecular formula is C92H147N35O19S3. The second kappa shape index (κ2) is 62.8. The van der Waals surface area contributed by atoms with E-state index in [9.17, 15) is 24.3 Å². The molecule has 0 unspecified atom stereocenters. The summed E-state index contributed by atoms with van der Waals surface area (Å²) < 4.78 is 0. The Labute approximate surface area is 875 Å². The van der Waals surface area contributed by atoms with Crippen LogP contribution in [0.4, 0.5) is 0 Å². The number of carbonyl (C=O) groups excluding carboxylic acids is 17. The number of nitrogens with zero attached hydrogens (tertiary/aromatic N) is 5. The van der Waals surface area contributed by atoms with E-state index in [2.05, 4.69) is 100 Å². The third-order valence-corrected chi connectivity index (χ3v) is 27.6. The molecular weight excluding hydrogens is 2000 g/mol. The monoisotopic (exact) mass is 2140 g/mol. The number of benzene rings is 1. The first-order valence-electron chi connectivity index (χ1n) is 49.5. The van der Waals surface area contributed by atoms with Crippen molar-refractivity contribution in [2.45, 2.75) is 247 Å². The number of carboxylic acids is 1. The summed E-state index contributed by atoms with van der Waals surface area (Å²) in [7, 11) is 0. The van der Waals surface area contributed by atoms with E-state index in [1.807, 2.05) is 0 Å². The molecule has 38 N–H and O–H groups in total. The molecule has 4 fully saturated rings. The summed E-state index contributed by atoms with van der Waals surface area (Å²) in [6.07, 6.45) is 0.660. The normalized spacial score (nSPS) is 22.3. The standard InChI is InChI=1S/C92H147N35O19S3/c1-50(2)39-62-80(138)112-60(19-11-32-110-92(103)104)78(136)122-67(82(140)115-59(18-10-31-109-91(101)102)77(135)120-65(87(145)146)42-53-43-111-56-15-6-5-13-54(53)56)45-148-37-26-72(130)125-47-124-48-126(49-125)73(131)27-38-149-46-68(83(141)114-57(16-8-29-107-89(97)98)75(133)116-61(79(137)117-62)21-22-70(94)128)123-85(143)69-20-12-35-127(69)86(144)64(40-51(3)4)119-76(134)58(17-9-30-108-90(99)100)113-81(139)63(41-52-23-33-105-34-24-52)118-84(142)66(44-147-36-25-71(124)129)121-74(132)55(93)14-7-28-106-88(95)96/h5-6,13,15,23-24,33-34,43,50-51,55,57-69,111H,7-12,14,16-22,25-32,35-42,44-49,93H2,1-4H3,(H2,94,128)(H,112,138)(H,113,139)(H,114,141)(H,115,140)(H,116,133)(H,117,137)(H,118,142)(H,119,134)(H,120,135)(H,121,132)(H,122,136)(H,123,143)(H,145,146)(H4,95,96,106)(H4,97,98,107)(H4,99,100,108)(H4,101,102,109)(H4,103,104,110)/t55-,57-,58-,59-,60-,61-,62-,63-,64-,65-,66-,67-,68-,69-/m0/s1. The lowest BCUT2D eigenvalue weighted by molar-refractivity contribution is -0.158. The number of para-hydroxylation sites is 1. The van der Waals surface area contributed by atoms with Gasteiger partial charge in [-0.25, -0.2) is 4.79 Å². The molecule has 14 atom stereocenters. The summed E-state index contributed by atoms with van der Waals surface area (Å²) in [4.78, 5) is 280. The minimum atomic E-state index is -1.78. The highest BCUT2D eigenvalue weighted by Crippen LogP contribution is 2.26. The topological polar surface area (TPSA) is 875 Å². The molecule has 4 bridgehead atoms. The highest BCUT2D eigenvalue weighted by molar-refractivity contribution is 7.99. The molecule has 17 amide bonds. The zero-order chi connectivity index (χ0) is 110. The predicted molar refractivity (Wildman–Crippen MR) is 558 cm³/mol. The van der Waals surface area contributed by atoms with Crippen molar-refractivity contribution in [1.82, 2.24) is 120 Å². The molecule has 2 aromatic heterocycles. The average Bonchev–Trinajstić information content (AvgIpc) is 1.76. The van der Waals surface area contributed by atoms with Gasteiger partial charge in [0, 0.05) is 142 Å². The van der Waals surface area contributed by atoms with Crippen LogP contribution in [0.3, 0.4) is 0 Å². The van der Waals surface area contributed by atoms with Crippen molar-refractivity contribution in [1.29, 1.82) is 27.0 Å². The van der Waals surface area contributed by atoms with Crippen LogP contribution in [0.15, 0.2) is 55.0 Å². The van der Waals surface area contributed by atoms with Crippen molar-refractivity contribution in [2.24, 2.45) is 52.0 Å². The van der Waals surface area contributed by atoms with Gasteiger partial charge in [-0.2, -0.15) is 35.3 Å². The Balaban J connectivity index is 1.38. The maximum absolute atomic E-state index is 15.5. The van der Waals surface area contributed by atoms with Crippen LogP contribution in [0.5, 0.6) is 0 Å². The molecule has 0 radical (unpaired) electrons. The number of aromatic nitrogens is 2. The Bertz CT molecular complexity index is 5160. The zero-order valence-corrected chi connectivity index (χ0v) is 86.6. The van der Waals surface area contributed by atoms with Gasteiger partial charge in [-0.05, 0) is 137 Å². The lowest BCUT2D eigenvalue weighted by atomic mass is 10.0. The van der Waals surface area contributed by atoms with Gasteiger partial charge in [-0.3, -0.25) is 114 Å². The molecule has 57 heteroatoms. The first-order valence-corrected chi connectivity index (χ1v) is 52.9. The van der Waals surface area contributed by atoms with Crippen molar-refractivity contribution in [2.75, 3.05) is 93.8 Å². The van der Waals surface area contributed by atoms with Gasteiger partial charge in [-0.15, -0.1) is 0 Å². The number of nitrogens with one attached hydrogen (secondary N) is 23. The van der Waals surface area contributed by atoms with Crippen LogP contribution in [0, 0.1) is 38.9 Å². The predicted octanol–water partition coefficient (Wildman–Crippen LogP) is -6.99. The second-order valence-electron chi connectivity index (χ2n) is 37.4. The van der Waals surface area contributed by atoms with Gasteiger partial charge in [-0.1, -0.05) is 45.9 Å². The fraction of sp³-hybridized carbons (Fsp3) is 0.609. The zero-order valence-electron chi connectivity index (χ0n) is 84.2. The number of fused-ring (bicyclic) bond motifs is 9. The van der Waals surface area contributed by atoms with Gasteiger partial charge in [0.2, 0.25) is 100 Å². The van der Waals surface area contributed by atoms with Crippen molar-refractivity contribution in [3.05, 3.63) is 66.1 Å². The number of rotatable bonds is 38. The maximum Gasteiger partial charge on any atom is 0.326 e. The molecule has 4 saturated heterocycles. The van der Waals surface area contributed by atoms with E-state index in [1.165, 1.54) is 32.0 Å². The van der Waals surface area contributed by atoms with Crippen LogP contribution in [-0.4, -0.2) is 349 Å². The molecule has 0 aliphatic carbocycles. The van der Waals surface area contributed by atoms with Crippen LogP contribution < -0.4 is 131 Å². The number of hydrogen-bond acceptors (Lipinski definition) is 28. The van der Waals surface area contributed by atoms with Crippen LogP contribution >= 0.6 is 35.3 Å². The summed E-state index contributed by atoms with van der Waals surface area (Å²) in [6.45, 7) is 5.38. The number of aromatic amines is 1. The van der Waals surface area contributed by atoms with Gasteiger partial charge in [0.1, 0.15) is 78.5 Å². The Morgan fingerprint density at radius 1 is 0.483 bits per heavy atom. The smallest absolute Gasteiger partial charge is 0.326 e. The van der Waals surface area contributed by atoms with E-state index in [4.69, 9.17) is 67.2 Å². The number of pyridine rings is 1. The van der Waals surface area contributed by atoms with Crippen LogP contribution in [-0.2, 0) is 99.1 Å². The van der Waals surface area contributed by atoms with Gasteiger partial charge in [0.25, 0.3) is 0 Å². The summed E-state index contributed by atoms with van der Waals surface area (Å²) in [5, 5.41) is 95.7. The van der Waals surface area contributed by atoms with Gasteiger partial charge < -0.3 is 160 Å². The van der Waals surface area contributed by atoms with E-state index in [-0.39, 0.29) is 183 Å². The molecule has 4 aliphatic heterocycles. The van der Waals surface area contributed by atoms with E-state index in [1.54, 1.807) is 70.3 Å². The lowest BCUT2D eigenvalue weighted by Crippen LogP contribution is -2.61. The Morgan fingerprint density at radius 3 is 1.44 bits per heavy atom. The van der Waals surface area contributed by atoms with Crippen molar-refractivity contribution in [3.8, 4) is 0 Å². The van der Waals surface area contributed by atoms with Crippen molar-refractivity contribution >= 4 is 182 Å². The molecule has 6 heterocycles. The van der Waals surface area contributed by atoms with Gasteiger partial charge in [0.05, 0.1) is 26.0 Å². The third kappa shape index (κ3) is 42.8. The third-order valence-electron chi connectivity index (χ3n) is 24.4. The fourth-order valence-electron chi connectivity index (χ4n) is 16.6. The number of H-pyrrole nitrogens is 1. The number of thioether (sulfide) groups is 3. The molecule has 3 aromatic rings. The quantitative estimate of drug-likeness (QED) is 0.0144. The van der Waals surface area contributed by atoms with Crippen LogP contribution in [0.1, 0.15) is 161 Å². The summed E-state index contributed by atoms with van der Waals surface area (Å²) >= 11 is 2.85. The average molecular weight is 2140 g/mol. The number of nitrogens with two attached hydrogens (primary N) is 7. The molecule has 822 valence electrons. The van der Waals surface area contributed by atoms with E-state index in [0.717, 1.165) is 35.3 Å². The molecule has 1 aromatic carbocycles.